The van der Waals surface area contributed by atoms with E-state index in [0.717, 1.165) is 56.1 Å². The topological polar surface area (TPSA) is 70.1 Å². The quantitative estimate of drug-likeness (QED) is 0.697. The van der Waals surface area contributed by atoms with Crippen LogP contribution in [0.3, 0.4) is 0 Å². The van der Waals surface area contributed by atoms with Crippen molar-refractivity contribution in [3.05, 3.63) is 70.8 Å². The average Bonchev–Trinajstić information content (AvgIpc) is 2.84. The normalized spacial score (nSPS) is 25.5. The second-order valence-electron chi connectivity index (χ2n) is 8.96. The Morgan fingerprint density at radius 1 is 1.06 bits per heavy atom. The number of amides is 1. The predicted octanol–water partition coefficient (Wildman–Crippen LogP) is 4.24. The Morgan fingerprint density at radius 2 is 1.73 bits per heavy atom. The molecule has 33 heavy (non-hydrogen) atoms. The largest absolute Gasteiger partial charge is 0.483 e. The van der Waals surface area contributed by atoms with Crippen LogP contribution in [0, 0.1) is 17.0 Å². The third-order valence-electron chi connectivity index (χ3n) is 7.15. The second-order valence-corrected chi connectivity index (χ2v) is 8.96. The molecule has 6 nitrogen and oxygen atoms in total. The van der Waals surface area contributed by atoms with E-state index in [-0.39, 0.29) is 11.9 Å². The maximum atomic E-state index is 14.7. The van der Waals surface area contributed by atoms with Gasteiger partial charge in [0, 0.05) is 23.6 Å². The molecule has 0 saturated carbocycles. The van der Waals surface area contributed by atoms with E-state index in [1.165, 1.54) is 12.1 Å². The van der Waals surface area contributed by atoms with Crippen LogP contribution in [0.2, 0.25) is 0 Å². The van der Waals surface area contributed by atoms with Crippen molar-refractivity contribution < 1.29 is 28.2 Å². The van der Waals surface area contributed by atoms with Gasteiger partial charge in [0.2, 0.25) is 0 Å². The van der Waals surface area contributed by atoms with E-state index in [0.29, 0.717) is 25.1 Å². The summed E-state index contributed by atoms with van der Waals surface area (Å²) in [5.74, 6) is -1.27. The Morgan fingerprint density at radius 3 is 2.39 bits per heavy atom. The smallest absolute Gasteiger partial charge is 0.410 e. The molecule has 4 aliphatic heterocycles. The van der Waals surface area contributed by atoms with Crippen molar-refractivity contribution in [2.45, 2.75) is 31.7 Å². The van der Waals surface area contributed by atoms with Gasteiger partial charge in [0.05, 0.1) is 12.6 Å². The number of piperidine rings is 3. The van der Waals surface area contributed by atoms with E-state index in [1.54, 1.807) is 4.90 Å². The maximum absolute atomic E-state index is 14.7. The zero-order valence-corrected chi connectivity index (χ0v) is 18.4. The molecule has 1 amide bonds. The molecule has 0 spiro atoms. The maximum Gasteiger partial charge on any atom is 0.410 e. The van der Waals surface area contributed by atoms with Crippen LogP contribution in [0.25, 0.3) is 0 Å². The lowest BCUT2D eigenvalue weighted by atomic mass is 9.73. The number of hydrogen-bond acceptors (Lipinski definition) is 4. The summed E-state index contributed by atoms with van der Waals surface area (Å²) in [5.41, 5.74) is 2.32. The third-order valence-corrected chi connectivity index (χ3v) is 7.15. The van der Waals surface area contributed by atoms with Gasteiger partial charge in [0.1, 0.15) is 11.6 Å². The first-order valence-electron chi connectivity index (χ1n) is 11.2. The summed E-state index contributed by atoms with van der Waals surface area (Å²) >= 11 is 0. The summed E-state index contributed by atoms with van der Waals surface area (Å²) in [6.45, 7) is 3.81. The van der Waals surface area contributed by atoms with E-state index < -0.39 is 23.8 Å². The molecular weight excluding hydrogens is 430 g/mol. The number of benzene rings is 2. The van der Waals surface area contributed by atoms with Crippen molar-refractivity contribution in [2.75, 3.05) is 32.8 Å². The van der Waals surface area contributed by atoms with Gasteiger partial charge < -0.3 is 14.7 Å². The average molecular weight is 459 g/mol. The first-order valence-corrected chi connectivity index (χ1v) is 11.2. The number of carboxylic acid groups (broad SMARTS) is 1. The summed E-state index contributed by atoms with van der Waals surface area (Å²) in [6.07, 6.45) is 3.43. The van der Waals surface area contributed by atoms with Gasteiger partial charge in [-0.15, -0.1) is 0 Å². The fraction of sp³-hybridized carbons (Fsp3) is 0.440. The van der Waals surface area contributed by atoms with Gasteiger partial charge in [-0.3, -0.25) is 9.69 Å². The number of nitrogens with zero attached hydrogens (tertiary/aromatic N) is 2. The molecule has 0 aromatic heterocycles. The lowest BCUT2D eigenvalue weighted by Gasteiger charge is -2.48. The summed E-state index contributed by atoms with van der Waals surface area (Å²) in [7, 11) is 0. The number of rotatable bonds is 3. The molecule has 2 bridgehead atoms. The first-order chi connectivity index (χ1) is 16.0. The van der Waals surface area contributed by atoms with Crippen molar-refractivity contribution in [2.24, 2.45) is 5.41 Å². The van der Waals surface area contributed by atoms with Gasteiger partial charge in [0.15, 0.2) is 0 Å². The molecule has 1 atom stereocenters. The molecule has 1 N–H and O–H groups in total. The summed E-state index contributed by atoms with van der Waals surface area (Å²) in [5, 5.41) is 6.89. The Balaban J connectivity index is 0.000000821. The van der Waals surface area contributed by atoms with Gasteiger partial charge in [0.25, 0.3) is 6.47 Å². The van der Waals surface area contributed by atoms with Crippen molar-refractivity contribution >= 4 is 12.6 Å². The molecular formula is C25H28F2N2O4. The first kappa shape index (κ1) is 23.2. The molecule has 2 aromatic rings. The molecule has 2 aromatic carbocycles. The van der Waals surface area contributed by atoms with E-state index in [1.807, 2.05) is 24.3 Å². The number of carbonyl (C=O) groups is 2. The standard InChI is InChI=1S/C24H26F2N2O2.CH2O2/c25-18-5-6-20(21(26)15-18)22-19-4-2-1-3-17(19)7-11-28(22)23(29)30-16-24-8-12-27(13-9-24)14-10-24;2-1-3/h1-6,15,22H,7-14,16H2;1H,(H,2,3)/t22-;/m1./s1. The van der Waals surface area contributed by atoms with Gasteiger partial charge >= 0.3 is 6.09 Å². The summed E-state index contributed by atoms with van der Waals surface area (Å²) in [4.78, 5) is 25.6. The summed E-state index contributed by atoms with van der Waals surface area (Å²) in [6, 6.07) is 10.7. The third kappa shape index (κ3) is 4.85. The van der Waals surface area contributed by atoms with Crippen LogP contribution in [0.5, 0.6) is 0 Å². The summed E-state index contributed by atoms with van der Waals surface area (Å²) < 4.78 is 34.1. The van der Waals surface area contributed by atoms with Gasteiger partial charge in [-0.05, 0) is 62.5 Å². The molecule has 6 rings (SSSR count). The minimum Gasteiger partial charge on any atom is -0.483 e. The zero-order chi connectivity index (χ0) is 23.4. The van der Waals surface area contributed by atoms with Gasteiger partial charge in [-0.2, -0.15) is 0 Å². The van der Waals surface area contributed by atoms with Crippen LogP contribution >= 0.6 is 0 Å². The molecule has 4 heterocycles. The molecule has 3 fully saturated rings. The fourth-order valence-electron chi connectivity index (χ4n) is 5.23. The van der Waals surface area contributed by atoms with Crippen molar-refractivity contribution in [1.82, 2.24) is 9.80 Å². The highest BCUT2D eigenvalue weighted by Crippen LogP contribution is 2.41. The molecule has 3 saturated heterocycles. The van der Waals surface area contributed by atoms with Crippen LogP contribution in [0.15, 0.2) is 42.5 Å². The number of hydrogen-bond donors (Lipinski definition) is 1. The van der Waals surface area contributed by atoms with Crippen LogP contribution in [-0.2, 0) is 16.0 Å². The van der Waals surface area contributed by atoms with Crippen LogP contribution < -0.4 is 0 Å². The number of carbonyl (C=O) groups excluding carboxylic acids is 1. The van der Waals surface area contributed by atoms with Gasteiger partial charge in [-0.25, -0.2) is 13.6 Å². The van der Waals surface area contributed by atoms with E-state index in [4.69, 9.17) is 14.6 Å². The second kappa shape index (κ2) is 9.87. The molecule has 176 valence electrons. The number of halogens is 2. The molecule has 0 aliphatic carbocycles. The minimum atomic E-state index is -0.646. The highest BCUT2D eigenvalue weighted by atomic mass is 19.1. The lowest BCUT2D eigenvalue weighted by Crippen LogP contribution is -2.51. The van der Waals surface area contributed by atoms with E-state index in [2.05, 4.69) is 4.90 Å². The lowest BCUT2D eigenvalue weighted by molar-refractivity contribution is -0.122. The molecule has 8 heteroatoms. The van der Waals surface area contributed by atoms with Crippen molar-refractivity contribution in [1.29, 1.82) is 0 Å². The molecule has 0 radical (unpaired) electrons. The molecule has 0 unspecified atom stereocenters. The number of ether oxygens (including phenoxy) is 1. The van der Waals surface area contributed by atoms with Gasteiger partial charge in [-0.1, -0.05) is 30.3 Å². The Hall–Kier alpha value is -3.00. The zero-order valence-electron chi connectivity index (χ0n) is 18.4. The highest BCUT2D eigenvalue weighted by molar-refractivity contribution is 5.70. The Labute approximate surface area is 191 Å². The van der Waals surface area contributed by atoms with Crippen LogP contribution in [0.4, 0.5) is 13.6 Å². The SMILES string of the molecule is O=C(OCC12CCN(CC1)CC2)N1CCc2ccccc2[C@@H]1c1ccc(F)cc1F.O=CO. The minimum absolute atomic E-state index is 0.0781. The molecule has 4 aliphatic rings. The van der Waals surface area contributed by atoms with Crippen LogP contribution in [0.1, 0.15) is 42.0 Å². The Bertz CT molecular complexity index is 994. The van der Waals surface area contributed by atoms with Crippen LogP contribution in [-0.4, -0.2) is 60.3 Å². The fourth-order valence-corrected chi connectivity index (χ4v) is 5.23. The van der Waals surface area contributed by atoms with E-state index in [9.17, 15) is 13.6 Å². The monoisotopic (exact) mass is 458 g/mol. The predicted molar refractivity (Wildman–Crippen MR) is 118 cm³/mol. The van der Waals surface area contributed by atoms with Crippen molar-refractivity contribution in [3.8, 4) is 0 Å². The number of fused-ring (bicyclic) bond motifs is 4. The Kier molecular flexibility index (Phi) is 6.93. The van der Waals surface area contributed by atoms with Crippen molar-refractivity contribution in [3.63, 3.8) is 0 Å². The van der Waals surface area contributed by atoms with E-state index >= 15 is 0 Å². The highest BCUT2D eigenvalue weighted by Gasteiger charge is 2.41.